The number of nitrogens with zero attached hydrogens (tertiary/aromatic N) is 5. The summed E-state index contributed by atoms with van der Waals surface area (Å²) in [6.07, 6.45) is 1.56. The number of benzene rings is 2. The number of nitrogens with one attached hydrogen (secondary N) is 2. The van der Waals surface area contributed by atoms with E-state index < -0.39 is 0 Å². The van der Waals surface area contributed by atoms with Crippen molar-refractivity contribution >= 4 is 29.1 Å². The first-order valence-corrected chi connectivity index (χ1v) is 8.14. The summed E-state index contributed by atoms with van der Waals surface area (Å²) in [5.74, 6) is 1.01. The summed E-state index contributed by atoms with van der Waals surface area (Å²) in [4.78, 5) is 8.70. The van der Waals surface area contributed by atoms with Crippen molar-refractivity contribution in [1.82, 2.24) is 20.3 Å². The Kier molecular flexibility index (Phi) is 4.56. The van der Waals surface area contributed by atoms with Crippen LogP contribution in [0.2, 0.25) is 0 Å². The van der Waals surface area contributed by atoms with E-state index in [0.717, 1.165) is 11.1 Å². The average molecular weight is 361 g/mol. The quantitative estimate of drug-likeness (QED) is 0.354. The van der Waals surface area contributed by atoms with Crippen LogP contribution in [0, 0.1) is 0 Å². The number of aromatic nitrogens is 4. The Balaban J connectivity index is 1.56. The van der Waals surface area contributed by atoms with Crippen molar-refractivity contribution in [3.05, 3.63) is 65.7 Å². The second-order valence-corrected chi connectivity index (χ2v) is 5.64. The molecule has 0 aliphatic heterocycles. The van der Waals surface area contributed by atoms with E-state index in [1.54, 1.807) is 24.4 Å². The highest BCUT2D eigenvalue weighted by Gasteiger charge is 2.12. The monoisotopic (exact) mass is 361 g/mol. The molecule has 2 aromatic carbocycles. The number of hydrogen-bond donors (Lipinski definition) is 3. The molecule has 0 unspecified atom stereocenters. The Morgan fingerprint density at radius 1 is 0.963 bits per heavy atom. The zero-order valence-corrected chi connectivity index (χ0v) is 14.1. The molecule has 0 radical (unpaired) electrons. The van der Waals surface area contributed by atoms with Crippen molar-refractivity contribution in [1.29, 1.82) is 0 Å². The Morgan fingerprint density at radius 2 is 1.74 bits per heavy atom. The number of rotatable bonds is 6. The highest BCUT2D eigenvalue weighted by atomic mass is 16.6. The highest BCUT2D eigenvalue weighted by molar-refractivity contribution is 5.81. The molecule has 4 aromatic rings. The molecule has 3 N–H and O–H groups in total. The Hall–Kier alpha value is -4.01. The zero-order chi connectivity index (χ0) is 18.5. The second kappa shape index (κ2) is 7.48. The van der Waals surface area contributed by atoms with Gasteiger partial charge in [0.2, 0.25) is 11.3 Å². The number of fused-ring (bicyclic) bond motifs is 1. The fraction of sp³-hybridized carbons (Fsp3) is 0.0556. The van der Waals surface area contributed by atoms with Gasteiger partial charge in [-0.2, -0.15) is 10.1 Å². The van der Waals surface area contributed by atoms with Crippen molar-refractivity contribution in [3.63, 3.8) is 0 Å². The first-order valence-electron chi connectivity index (χ1n) is 8.14. The predicted octanol–water partition coefficient (Wildman–Crippen LogP) is 2.78. The molecule has 4 rings (SSSR count). The van der Waals surface area contributed by atoms with Gasteiger partial charge in [0.25, 0.3) is 0 Å². The van der Waals surface area contributed by atoms with Crippen LogP contribution in [0.3, 0.4) is 0 Å². The predicted molar refractivity (Wildman–Crippen MR) is 100 cm³/mol. The van der Waals surface area contributed by atoms with Crippen molar-refractivity contribution < 1.29 is 9.74 Å². The van der Waals surface area contributed by atoms with Crippen LogP contribution in [0.15, 0.2) is 64.3 Å². The Bertz CT molecular complexity index is 1080. The van der Waals surface area contributed by atoms with Crippen LogP contribution in [-0.2, 0) is 6.54 Å². The van der Waals surface area contributed by atoms with E-state index in [1.807, 2.05) is 36.4 Å². The molecule has 0 atom stereocenters. The van der Waals surface area contributed by atoms with Gasteiger partial charge in [-0.1, -0.05) is 42.5 Å². The maximum absolute atomic E-state index is 9.51. The summed E-state index contributed by atoms with van der Waals surface area (Å²) < 4.78 is 4.68. The Morgan fingerprint density at radius 3 is 2.52 bits per heavy atom. The van der Waals surface area contributed by atoms with Gasteiger partial charge < -0.3 is 10.4 Å². The maximum atomic E-state index is 9.51. The molecule has 0 aliphatic carbocycles. The molecule has 0 aliphatic rings. The Labute approximate surface area is 153 Å². The van der Waals surface area contributed by atoms with E-state index in [-0.39, 0.29) is 11.4 Å². The first kappa shape index (κ1) is 16.5. The number of aromatic hydroxyl groups is 1. The van der Waals surface area contributed by atoms with Crippen LogP contribution in [0.25, 0.3) is 11.3 Å². The second-order valence-electron chi connectivity index (χ2n) is 5.64. The highest BCUT2D eigenvalue weighted by Crippen LogP contribution is 2.20. The number of phenols is 1. The normalized spacial score (nSPS) is 11.1. The maximum Gasteiger partial charge on any atom is 0.245 e. The molecule has 0 spiro atoms. The van der Waals surface area contributed by atoms with Gasteiger partial charge >= 0.3 is 0 Å². The summed E-state index contributed by atoms with van der Waals surface area (Å²) in [7, 11) is 0. The molecule has 27 heavy (non-hydrogen) atoms. The van der Waals surface area contributed by atoms with Gasteiger partial charge in [0.1, 0.15) is 5.75 Å². The van der Waals surface area contributed by atoms with E-state index in [2.05, 4.69) is 40.8 Å². The van der Waals surface area contributed by atoms with Gasteiger partial charge in [-0.3, -0.25) is 5.43 Å². The third-order valence-corrected chi connectivity index (χ3v) is 3.67. The van der Waals surface area contributed by atoms with Crippen LogP contribution in [-0.4, -0.2) is 31.6 Å². The molecule has 9 heteroatoms. The smallest absolute Gasteiger partial charge is 0.245 e. The molecule has 9 nitrogen and oxygen atoms in total. The molecule has 0 saturated carbocycles. The lowest BCUT2D eigenvalue weighted by Crippen LogP contribution is -2.06. The molecular weight excluding hydrogens is 346 g/mol. The third-order valence-electron chi connectivity index (χ3n) is 3.67. The fourth-order valence-corrected chi connectivity index (χ4v) is 2.39. The van der Waals surface area contributed by atoms with Gasteiger partial charge in [-0.25, -0.2) is 9.61 Å². The molecular formula is C18H15N7O2. The van der Waals surface area contributed by atoms with E-state index in [0.29, 0.717) is 23.8 Å². The first-order chi connectivity index (χ1) is 13.3. The van der Waals surface area contributed by atoms with Gasteiger partial charge in [0.05, 0.1) is 6.21 Å². The topological polar surface area (TPSA) is 121 Å². The van der Waals surface area contributed by atoms with Gasteiger partial charge in [0, 0.05) is 6.54 Å². The molecule has 0 saturated heterocycles. The molecule has 0 amide bonds. The number of hydrogen-bond acceptors (Lipinski definition) is 9. The van der Waals surface area contributed by atoms with E-state index in [1.165, 1.54) is 0 Å². The third kappa shape index (κ3) is 3.98. The lowest BCUT2D eigenvalue weighted by molar-refractivity contribution is 0.314. The minimum atomic E-state index is 0.166. The minimum absolute atomic E-state index is 0.166. The van der Waals surface area contributed by atoms with Crippen LogP contribution in [0.4, 0.5) is 11.6 Å². The van der Waals surface area contributed by atoms with Crippen molar-refractivity contribution in [2.24, 2.45) is 5.10 Å². The van der Waals surface area contributed by atoms with Crippen molar-refractivity contribution in [2.45, 2.75) is 6.54 Å². The average Bonchev–Trinajstić information content (AvgIpc) is 3.14. The minimum Gasteiger partial charge on any atom is -0.508 e. The summed E-state index contributed by atoms with van der Waals surface area (Å²) >= 11 is 0. The van der Waals surface area contributed by atoms with Crippen LogP contribution < -0.4 is 10.7 Å². The summed E-state index contributed by atoms with van der Waals surface area (Å²) in [6, 6.07) is 16.6. The van der Waals surface area contributed by atoms with E-state index in [4.69, 9.17) is 0 Å². The van der Waals surface area contributed by atoms with E-state index >= 15 is 0 Å². The zero-order valence-electron chi connectivity index (χ0n) is 14.1. The van der Waals surface area contributed by atoms with Crippen molar-refractivity contribution in [2.75, 3.05) is 10.7 Å². The number of hydrazone groups is 1. The van der Waals surface area contributed by atoms with Crippen LogP contribution >= 0.6 is 0 Å². The summed E-state index contributed by atoms with van der Waals surface area (Å²) in [5.41, 5.74) is 5.24. The van der Waals surface area contributed by atoms with Crippen LogP contribution in [0.1, 0.15) is 11.1 Å². The number of anilines is 2. The lowest BCUT2D eigenvalue weighted by atomic mass is 10.2. The fourth-order valence-electron chi connectivity index (χ4n) is 2.39. The molecule has 0 fully saturated rings. The summed E-state index contributed by atoms with van der Waals surface area (Å²) in [6.45, 7) is 0.553. The van der Waals surface area contributed by atoms with E-state index in [9.17, 15) is 5.11 Å². The molecule has 2 aromatic heterocycles. The van der Waals surface area contributed by atoms with Crippen molar-refractivity contribution in [3.8, 4) is 5.75 Å². The van der Waals surface area contributed by atoms with Gasteiger partial charge in [-0.05, 0) is 33.6 Å². The number of phenolic OH excluding ortho intramolecular Hbond substituents is 1. The molecule has 134 valence electrons. The lowest BCUT2D eigenvalue weighted by Gasteiger charge is -2.09. The SMILES string of the molecule is Oc1cccc(C=NNc2nc3nonc3nc2NCc2ccccc2)c1. The summed E-state index contributed by atoms with van der Waals surface area (Å²) in [5, 5.41) is 24.3. The largest absolute Gasteiger partial charge is 0.508 e. The van der Waals surface area contributed by atoms with Gasteiger partial charge in [-0.15, -0.1) is 0 Å². The standard InChI is InChI=1S/C18H15N7O2/c26-14-8-4-7-13(9-14)11-20-23-16-15(19-10-12-5-2-1-3-6-12)21-17-18(22-16)25-27-24-17/h1-9,11,26H,10H2,(H,19,21,24)(H,22,23,25). The molecule has 2 heterocycles. The van der Waals surface area contributed by atoms with Gasteiger partial charge in [0.15, 0.2) is 11.6 Å². The molecule has 0 bridgehead atoms. The van der Waals surface area contributed by atoms with Crippen LogP contribution in [0.5, 0.6) is 5.75 Å².